The van der Waals surface area contributed by atoms with Crippen molar-refractivity contribution in [3.63, 3.8) is 0 Å². The van der Waals surface area contributed by atoms with Crippen LogP contribution in [0.15, 0.2) is 22.7 Å². The van der Waals surface area contributed by atoms with E-state index in [0.717, 1.165) is 0 Å². The zero-order valence-electron chi connectivity index (χ0n) is 7.97. The topological polar surface area (TPSA) is 119 Å². The van der Waals surface area contributed by atoms with Crippen LogP contribution in [0.1, 0.15) is 0 Å². The van der Waals surface area contributed by atoms with Crippen LogP contribution in [0.25, 0.3) is 0 Å². The van der Waals surface area contributed by atoms with Crippen molar-refractivity contribution in [2.75, 3.05) is 0 Å². The molecule has 0 saturated carbocycles. The Labute approximate surface area is 92.4 Å². The molecule has 0 aromatic heterocycles. The van der Waals surface area contributed by atoms with Gasteiger partial charge in [-0.1, -0.05) is 0 Å². The van der Waals surface area contributed by atoms with Crippen molar-refractivity contribution < 1.29 is 0 Å². The molecule has 0 saturated heterocycles. The summed E-state index contributed by atoms with van der Waals surface area (Å²) < 4.78 is 0. The number of hydrogen-bond donors (Lipinski definition) is 0. The molecule has 0 bridgehead atoms. The first kappa shape index (κ1) is 11.1. The van der Waals surface area contributed by atoms with Crippen LogP contribution in [0.4, 0.5) is 0 Å². The maximum Gasteiger partial charge on any atom is 0.335 e. The summed E-state index contributed by atoms with van der Waals surface area (Å²) in [5.74, 6) is 0.818. The van der Waals surface area contributed by atoms with Gasteiger partial charge in [0, 0.05) is 17.0 Å². The smallest absolute Gasteiger partial charge is 0.212 e. The minimum absolute atomic E-state index is 0.0166. The van der Waals surface area contributed by atoms with E-state index in [1.54, 1.807) is 30.2 Å². The standard InChI is InChI=1S/C10H2BN5/c12-2-7-1-8(3-13)10(5-15)11(6-16)9(7)4-14/h1,9H. The van der Waals surface area contributed by atoms with Crippen LogP contribution in [0.3, 0.4) is 0 Å². The van der Waals surface area contributed by atoms with E-state index in [1.807, 2.05) is 0 Å². The molecular weight excluding hydrogens is 201 g/mol. The zero-order chi connectivity index (χ0) is 12.1. The minimum atomic E-state index is -1.04. The van der Waals surface area contributed by atoms with E-state index in [9.17, 15) is 0 Å². The van der Waals surface area contributed by atoms with Gasteiger partial charge in [-0.15, -0.1) is 0 Å². The number of rotatable bonds is 0. The Bertz CT molecular complexity index is 594. The average molecular weight is 203 g/mol. The zero-order valence-corrected chi connectivity index (χ0v) is 7.97. The Hall–Kier alpha value is -3.01. The van der Waals surface area contributed by atoms with Gasteiger partial charge in [0.2, 0.25) is 0 Å². The first-order valence-corrected chi connectivity index (χ1v) is 4.18. The van der Waals surface area contributed by atoms with Gasteiger partial charge in [-0.25, -0.2) is 5.26 Å². The second kappa shape index (κ2) is 4.48. The van der Waals surface area contributed by atoms with E-state index >= 15 is 0 Å². The molecule has 0 spiro atoms. The van der Waals surface area contributed by atoms with Crippen molar-refractivity contribution in [3.8, 4) is 30.2 Å². The molecule has 1 aliphatic heterocycles. The van der Waals surface area contributed by atoms with Gasteiger partial charge in [-0.3, -0.25) is 0 Å². The van der Waals surface area contributed by atoms with Gasteiger partial charge in [0.15, 0.2) is 0 Å². The highest BCUT2D eigenvalue weighted by atomic mass is 14.3. The van der Waals surface area contributed by atoms with E-state index < -0.39 is 12.5 Å². The molecule has 1 heterocycles. The monoisotopic (exact) mass is 203 g/mol. The Morgan fingerprint density at radius 2 is 1.69 bits per heavy atom. The van der Waals surface area contributed by atoms with E-state index in [2.05, 4.69) is 0 Å². The molecule has 1 atom stereocenters. The Morgan fingerprint density at radius 1 is 1.00 bits per heavy atom. The SMILES string of the molecule is N#CB1C(C#N)=C(C#N)C=C(C#N)C1C#N. The first-order chi connectivity index (χ1) is 7.73. The molecule has 0 amide bonds. The molecule has 0 aliphatic carbocycles. The summed E-state index contributed by atoms with van der Waals surface area (Å²) >= 11 is 0. The molecule has 0 aromatic rings. The lowest BCUT2D eigenvalue weighted by Crippen LogP contribution is -2.26. The van der Waals surface area contributed by atoms with Gasteiger partial charge in [0.1, 0.15) is 0 Å². The molecule has 0 aromatic carbocycles. The lowest BCUT2D eigenvalue weighted by atomic mass is 9.35. The fraction of sp³-hybridized carbons (Fsp3) is 0.100. The number of allylic oxidation sites excluding steroid dienone is 4. The van der Waals surface area contributed by atoms with Crippen LogP contribution in [-0.4, -0.2) is 6.71 Å². The lowest BCUT2D eigenvalue weighted by molar-refractivity contribution is 1.21. The third-order valence-corrected chi connectivity index (χ3v) is 2.22. The van der Waals surface area contributed by atoms with Crippen molar-refractivity contribution in [3.05, 3.63) is 22.7 Å². The fourth-order valence-electron chi connectivity index (χ4n) is 1.44. The van der Waals surface area contributed by atoms with Crippen molar-refractivity contribution >= 4 is 6.71 Å². The molecule has 1 rings (SSSR count). The molecule has 1 unspecified atom stereocenters. The summed E-state index contributed by atoms with van der Waals surface area (Å²) in [7, 11) is 0. The summed E-state index contributed by atoms with van der Waals surface area (Å²) in [6, 6.07) is 7.07. The second-order valence-electron chi connectivity index (χ2n) is 2.98. The highest BCUT2D eigenvalue weighted by Gasteiger charge is 2.38. The highest BCUT2D eigenvalue weighted by Crippen LogP contribution is 2.31. The molecule has 1 aliphatic rings. The molecule has 6 heteroatoms. The van der Waals surface area contributed by atoms with E-state index in [-0.39, 0.29) is 16.6 Å². The van der Waals surface area contributed by atoms with Crippen LogP contribution in [0.2, 0.25) is 5.82 Å². The Balaban J connectivity index is 3.51. The lowest BCUT2D eigenvalue weighted by Gasteiger charge is -2.15. The van der Waals surface area contributed by atoms with Crippen molar-refractivity contribution in [1.29, 1.82) is 26.3 Å². The van der Waals surface area contributed by atoms with Gasteiger partial charge < -0.3 is 0 Å². The summed E-state index contributed by atoms with van der Waals surface area (Å²) in [6.45, 7) is -1.04. The Kier molecular flexibility index (Phi) is 3.10. The van der Waals surface area contributed by atoms with Crippen LogP contribution >= 0.6 is 0 Å². The van der Waals surface area contributed by atoms with Crippen molar-refractivity contribution in [2.24, 2.45) is 0 Å². The van der Waals surface area contributed by atoms with E-state index in [0.29, 0.717) is 0 Å². The van der Waals surface area contributed by atoms with Gasteiger partial charge in [0.25, 0.3) is 0 Å². The van der Waals surface area contributed by atoms with Crippen LogP contribution < -0.4 is 0 Å². The summed E-state index contributed by atoms with van der Waals surface area (Å²) in [6.07, 6.45) is 1.19. The van der Waals surface area contributed by atoms with Crippen LogP contribution in [0, 0.1) is 56.6 Å². The number of nitrogens with zero attached hydrogens (tertiary/aromatic N) is 5. The van der Waals surface area contributed by atoms with E-state index in [1.165, 1.54) is 6.08 Å². The molecule has 0 radical (unpaired) electrons. The third-order valence-electron chi connectivity index (χ3n) is 2.22. The van der Waals surface area contributed by atoms with Gasteiger partial charge >= 0.3 is 6.71 Å². The molecule has 5 nitrogen and oxygen atoms in total. The average Bonchev–Trinajstić information content (AvgIpc) is 2.35. The quantitative estimate of drug-likeness (QED) is 0.538. The maximum atomic E-state index is 8.89. The van der Waals surface area contributed by atoms with Crippen molar-refractivity contribution in [2.45, 2.75) is 5.82 Å². The van der Waals surface area contributed by atoms with Gasteiger partial charge in [-0.2, -0.15) is 21.0 Å². The third kappa shape index (κ3) is 1.51. The molecular formula is C10H2BN5. The largest absolute Gasteiger partial charge is 0.335 e. The first-order valence-electron chi connectivity index (χ1n) is 4.18. The predicted octanol–water partition coefficient (Wildman–Crippen LogP) is 0.784. The van der Waals surface area contributed by atoms with Crippen molar-refractivity contribution in [1.82, 2.24) is 0 Å². The number of nitriles is 5. The predicted molar refractivity (Wildman–Crippen MR) is 52.7 cm³/mol. The van der Waals surface area contributed by atoms with Crippen LogP contribution in [0.5, 0.6) is 0 Å². The highest BCUT2D eigenvalue weighted by molar-refractivity contribution is 6.78. The summed E-state index contributed by atoms with van der Waals surface area (Å²) in [4.78, 5) is 0. The maximum absolute atomic E-state index is 8.89. The van der Waals surface area contributed by atoms with Crippen LogP contribution in [-0.2, 0) is 0 Å². The second-order valence-corrected chi connectivity index (χ2v) is 2.98. The normalized spacial score (nSPS) is 18.3. The molecule has 16 heavy (non-hydrogen) atoms. The number of hydrogen-bond acceptors (Lipinski definition) is 5. The van der Waals surface area contributed by atoms with E-state index in [4.69, 9.17) is 26.3 Å². The van der Waals surface area contributed by atoms with Gasteiger partial charge in [0.05, 0.1) is 35.7 Å². The summed E-state index contributed by atoms with van der Waals surface area (Å²) in [5, 5.41) is 44.1. The molecule has 70 valence electrons. The molecule has 0 fully saturated rings. The van der Waals surface area contributed by atoms with Gasteiger partial charge in [-0.05, 0) is 6.08 Å². The fourth-order valence-corrected chi connectivity index (χ4v) is 1.44. The summed E-state index contributed by atoms with van der Waals surface area (Å²) in [5.41, 5.74) is -0.0164. The minimum Gasteiger partial charge on any atom is -0.212 e. The Morgan fingerprint density at radius 3 is 2.06 bits per heavy atom. The molecule has 0 N–H and O–H groups in total.